The predicted octanol–water partition coefficient (Wildman–Crippen LogP) is 0.677. The van der Waals surface area contributed by atoms with E-state index in [2.05, 4.69) is 32.9 Å². The molecule has 2 aromatic heterocycles. The summed E-state index contributed by atoms with van der Waals surface area (Å²) >= 11 is 2.13. The van der Waals surface area contributed by atoms with Crippen LogP contribution in [0.1, 0.15) is 0 Å². The lowest BCUT2D eigenvalue weighted by Crippen LogP contribution is -2.37. The first-order valence-electron chi connectivity index (χ1n) is 7.05. The van der Waals surface area contributed by atoms with E-state index in [4.69, 9.17) is 0 Å². The lowest BCUT2D eigenvalue weighted by atomic mass is 10.3. The molecule has 1 amide bonds. The Morgan fingerprint density at radius 2 is 1.92 bits per heavy atom. The molecule has 0 atom stereocenters. The second-order valence-corrected chi connectivity index (χ2v) is 6.44. The Labute approximate surface area is 149 Å². The molecule has 0 spiro atoms. The molecular formula is C15H14IN5O3. The number of halogens is 1. The van der Waals surface area contributed by atoms with Gasteiger partial charge < -0.3 is 9.88 Å². The van der Waals surface area contributed by atoms with Crippen LogP contribution in [0.2, 0.25) is 0 Å². The van der Waals surface area contributed by atoms with E-state index in [1.54, 1.807) is 6.07 Å². The molecule has 1 aromatic carbocycles. The Kier molecular flexibility index (Phi) is 4.26. The number of imidazole rings is 1. The zero-order valence-corrected chi connectivity index (χ0v) is 15.1. The summed E-state index contributed by atoms with van der Waals surface area (Å²) in [6.45, 7) is -0.0745. The predicted molar refractivity (Wildman–Crippen MR) is 98.0 cm³/mol. The van der Waals surface area contributed by atoms with Crippen LogP contribution < -0.4 is 16.6 Å². The highest BCUT2D eigenvalue weighted by Crippen LogP contribution is 2.17. The van der Waals surface area contributed by atoms with Gasteiger partial charge in [0, 0.05) is 17.7 Å². The maximum Gasteiger partial charge on any atom is 0.332 e. The van der Waals surface area contributed by atoms with Crippen LogP contribution in [-0.4, -0.2) is 24.6 Å². The number of nitrogens with zero attached hydrogens (tertiary/aromatic N) is 4. The minimum atomic E-state index is -0.479. The van der Waals surface area contributed by atoms with E-state index in [1.165, 1.54) is 29.6 Å². The average molecular weight is 439 g/mol. The summed E-state index contributed by atoms with van der Waals surface area (Å²) in [4.78, 5) is 40.6. The number of carbonyl (C=O) groups is 1. The molecule has 0 saturated carbocycles. The van der Waals surface area contributed by atoms with Gasteiger partial charge in [0.15, 0.2) is 11.2 Å². The van der Waals surface area contributed by atoms with Crippen molar-refractivity contribution in [3.63, 3.8) is 0 Å². The number of amides is 1. The van der Waals surface area contributed by atoms with Gasteiger partial charge in [0.25, 0.3) is 5.56 Å². The third-order valence-electron chi connectivity index (χ3n) is 3.68. The van der Waals surface area contributed by atoms with Gasteiger partial charge in [-0.15, -0.1) is 0 Å². The molecule has 0 saturated heterocycles. The van der Waals surface area contributed by atoms with Gasteiger partial charge in [0.05, 0.1) is 12.0 Å². The first-order valence-corrected chi connectivity index (χ1v) is 8.13. The molecule has 0 aliphatic rings. The summed E-state index contributed by atoms with van der Waals surface area (Å²) in [5.41, 5.74) is 0.240. The Bertz CT molecular complexity index is 1060. The quantitative estimate of drug-likeness (QED) is 0.608. The van der Waals surface area contributed by atoms with Gasteiger partial charge in [0.2, 0.25) is 5.91 Å². The second-order valence-electron chi connectivity index (χ2n) is 5.28. The molecule has 0 aliphatic carbocycles. The first kappa shape index (κ1) is 16.4. The van der Waals surface area contributed by atoms with Crippen molar-refractivity contribution >= 4 is 45.3 Å². The number of aryl methyl sites for hydroxylation is 1. The number of benzene rings is 1. The topological polar surface area (TPSA) is 90.9 Å². The molecular weight excluding hydrogens is 425 g/mol. The van der Waals surface area contributed by atoms with Crippen LogP contribution in [0.4, 0.5) is 5.69 Å². The van der Waals surface area contributed by atoms with E-state index < -0.39 is 11.2 Å². The largest absolute Gasteiger partial charge is 0.332 e. The molecule has 24 heavy (non-hydrogen) atoms. The van der Waals surface area contributed by atoms with E-state index >= 15 is 0 Å². The van der Waals surface area contributed by atoms with E-state index in [9.17, 15) is 14.4 Å². The van der Waals surface area contributed by atoms with Crippen molar-refractivity contribution in [1.82, 2.24) is 18.7 Å². The van der Waals surface area contributed by atoms with Crippen molar-refractivity contribution in [2.24, 2.45) is 14.1 Å². The Hall–Kier alpha value is -2.43. The van der Waals surface area contributed by atoms with E-state index in [0.29, 0.717) is 5.69 Å². The van der Waals surface area contributed by atoms with Crippen molar-refractivity contribution in [1.29, 1.82) is 0 Å². The molecule has 8 nitrogen and oxygen atoms in total. The molecule has 0 fully saturated rings. The van der Waals surface area contributed by atoms with E-state index in [1.807, 2.05) is 18.2 Å². The van der Waals surface area contributed by atoms with Crippen molar-refractivity contribution in [3.05, 3.63) is 55.0 Å². The number of nitrogens with one attached hydrogen (secondary N) is 1. The molecule has 0 aliphatic heterocycles. The number of hydrogen-bond donors (Lipinski definition) is 1. The Morgan fingerprint density at radius 1 is 1.21 bits per heavy atom. The lowest BCUT2D eigenvalue weighted by Gasteiger charge is -2.09. The second kappa shape index (κ2) is 6.23. The van der Waals surface area contributed by atoms with Crippen molar-refractivity contribution < 1.29 is 4.79 Å². The fourth-order valence-corrected chi connectivity index (χ4v) is 2.95. The number of anilines is 1. The molecule has 124 valence electrons. The number of carbonyl (C=O) groups excluding carboxylic acids is 1. The summed E-state index contributed by atoms with van der Waals surface area (Å²) in [6, 6.07) is 7.39. The summed E-state index contributed by atoms with van der Waals surface area (Å²) in [6.07, 6.45) is 1.39. The van der Waals surface area contributed by atoms with Gasteiger partial charge >= 0.3 is 5.69 Å². The summed E-state index contributed by atoms with van der Waals surface area (Å²) < 4.78 is 4.64. The molecule has 0 radical (unpaired) electrons. The lowest BCUT2D eigenvalue weighted by molar-refractivity contribution is -0.116. The average Bonchev–Trinajstić information content (AvgIpc) is 2.96. The van der Waals surface area contributed by atoms with Gasteiger partial charge in [0.1, 0.15) is 6.54 Å². The molecule has 1 N–H and O–H groups in total. The normalized spacial score (nSPS) is 11.0. The van der Waals surface area contributed by atoms with Crippen LogP contribution in [0.15, 0.2) is 40.2 Å². The van der Waals surface area contributed by atoms with Crippen LogP contribution in [0.5, 0.6) is 0 Å². The number of fused-ring (bicyclic) bond motifs is 1. The number of para-hydroxylation sites is 1. The van der Waals surface area contributed by atoms with Gasteiger partial charge in [-0.2, -0.15) is 0 Å². The maximum absolute atomic E-state index is 12.3. The van der Waals surface area contributed by atoms with Crippen LogP contribution >= 0.6 is 22.6 Å². The van der Waals surface area contributed by atoms with Crippen molar-refractivity contribution in [2.45, 2.75) is 6.54 Å². The monoisotopic (exact) mass is 439 g/mol. The van der Waals surface area contributed by atoms with Crippen LogP contribution in [0, 0.1) is 3.57 Å². The zero-order valence-electron chi connectivity index (χ0n) is 13.0. The smallest absolute Gasteiger partial charge is 0.324 e. The van der Waals surface area contributed by atoms with E-state index in [0.717, 1.165) is 8.14 Å². The summed E-state index contributed by atoms with van der Waals surface area (Å²) in [7, 11) is 2.93. The third-order valence-corrected chi connectivity index (χ3v) is 4.62. The molecule has 3 rings (SSSR count). The van der Waals surface area contributed by atoms with Gasteiger partial charge in [-0.05, 0) is 34.7 Å². The molecule has 0 unspecified atom stereocenters. The molecule has 9 heteroatoms. The van der Waals surface area contributed by atoms with Crippen molar-refractivity contribution in [2.75, 3.05) is 5.32 Å². The first-order chi connectivity index (χ1) is 11.4. The Balaban J connectivity index is 1.97. The van der Waals surface area contributed by atoms with Gasteiger partial charge in [-0.3, -0.25) is 18.7 Å². The number of rotatable bonds is 3. The number of aromatic nitrogens is 4. The van der Waals surface area contributed by atoms with Crippen LogP contribution in [0.25, 0.3) is 11.2 Å². The SMILES string of the molecule is Cn1c(=O)c2c(ncn2CC(=O)Nc2ccccc2I)n(C)c1=O. The molecule has 3 aromatic rings. The third kappa shape index (κ3) is 2.75. The zero-order chi connectivity index (χ0) is 17.4. The van der Waals surface area contributed by atoms with Crippen LogP contribution in [-0.2, 0) is 25.4 Å². The fourth-order valence-electron chi connectivity index (χ4n) is 2.42. The summed E-state index contributed by atoms with van der Waals surface area (Å²) in [5.74, 6) is -0.283. The standard InChI is InChI=1S/C15H14IN5O3/c1-19-13-12(14(23)20(2)15(19)24)21(8-17-13)7-11(22)18-10-6-4-3-5-9(10)16/h3-6,8H,7H2,1-2H3,(H,18,22). The fraction of sp³-hybridized carbons (Fsp3) is 0.200. The number of hydrogen-bond acceptors (Lipinski definition) is 4. The minimum absolute atomic E-state index is 0.0745. The summed E-state index contributed by atoms with van der Waals surface area (Å²) in [5, 5.41) is 2.80. The highest BCUT2D eigenvalue weighted by Gasteiger charge is 2.16. The van der Waals surface area contributed by atoms with Gasteiger partial charge in [-0.1, -0.05) is 12.1 Å². The van der Waals surface area contributed by atoms with E-state index in [-0.39, 0.29) is 23.6 Å². The highest BCUT2D eigenvalue weighted by molar-refractivity contribution is 14.1. The maximum atomic E-state index is 12.3. The molecule has 0 bridgehead atoms. The highest BCUT2D eigenvalue weighted by atomic mass is 127. The minimum Gasteiger partial charge on any atom is -0.324 e. The van der Waals surface area contributed by atoms with Crippen LogP contribution in [0.3, 0.4) is 0 Å². The van der Waals surface area contributed by atoms with Crippen molar-refractivity contribution in [3.8, 4) is 0 Å². The molecule has 2 heterocycles. The van der Waals surface area contributed by atoms with Gasteiger partial charge in [-0.25, -0.2) is 9.78 Å². The Morgan fingerprint density at radius 3 is 2.62 bits per heavy atom.